The molecule has 0 unspecified atom stereocenters. The Morgan fingerprint density at radius 2 is 1.52 bits per heavy atom. The largest absolute Gasteiger partial charge is 0.477 e. The van der Waals surface area contributed by atoms with Crippen molar-refractivity contribution in [2.45, 2.75) is 50.9 Å². The summed E-state index contributed by atoms with van der Waals surface area (Å²) in [4.78, 5) is 27.3. The van der Waals surface area contributed by atoms with Crippen molar-refractivity contribution < 1.29 is 9.90 Å². The molecule has 0 atom stereocenters. The van der Waals surface area contributed by atoms with E-state index in [1.165, 1.54) is 76.5 Å². The first-order valence-electron chi connectivity index (χ1n) is 16.2. The molecular formula is C40H37N3O3. The lowest BCUT2D eigenvalue weighted by Gasteiger charge is -2.31. The number of nitrogens with zero attached hydrogens (tertiary/aromatic N) is 2. The predicted octanol–water partition coefficient (Wildman–Crippen LogP) is 8.99. The summed E-state index contributed by atoms with van der Waals surface area (Å²) >= 11 is 0. The number of anilines is 2. The Bertz CT molecular complexity index is 1970. The SMILES string of the molecule is O=C(O)c1[nH]n(-c2ccccc2)c(=O)c1C=C=Cc1ccc2c(c1)CCCN2c1ccc(-c2ccc(C3CCCCC3)cc2)cc1. The van der Waals surface area contributed by atoms with Gasteiger partial charge in [-0.25, -0.2) is 9.48 Å². The molecule has 4 aromatic carbocycles. The van der Waals surface area contributed by atoms with Gasteiger partial charge in [-0.1, -0.05) is 79.9 Å². The topological polar surface area (TPSA) is 78.3 Å². The average molecular weight is 608 g/mol. The minimum absolute atomic E-state index is 0.0559. The molecule has 7 rings (SSSR count). The van der Waals surface area contributed by atoms with Gasteiger partial charge < -0.3 is 10.0 Å². The van der Waals surface area contributed by atoms with E-state index < -0.39 is 11.5 Å². The highest BCUT2D eigenvalue weighted by atomic mass is 16.4. The van der Waals surface area contributed by atoms with E-state index in [0.29, 0.717) is 5.69 Å². The Balaban J connectivity index is 1.09. The second-order valence-corrected chi connectivity index (χ2v) is 12.3. The molecule has 0 bridgehead atoms. The summed E-state index contributed by atoms with van der Waals surface area (Å²) in [7, 11) is 0. The van der Waals surface area contributed by atoms with Crippen LogP contribution in [-0.4, -0.2) is 27.4 Å². The first-order chi connectivity index (χ1) is 22.5. The van der Waals surface area contributed by atoms with Gasteiger partial charge in [-0.05, 0) is 108 Å². The van der Waals surface area contributed by atoms with Crippen molar-refractivity contribution in [2.75, 3.05) is 11.4 Å². The van der Waals surface area contributed by atoms with Crippen LogP contribution in [0.5, 0.6) is 0 Å². The number of hydrogen-bond acceptors (Lipinski definition) is 3. The predicted molar refractivity (Wildman–Crippen MR) is 185 cm³/mol. The second kappa shape index (κ2) is 13.0. The molecule has 1 aliphatic carbocycles. The van der Waals surface area contributed by atoms with E-state index in [-0.39, 0.29) is 11.3 Å². The molecule has 230 valence electrons. The number of benzene rings is 4. The zero-order chi connectivity index (χ0) is 31.5. The molecule has 1 aliphatic heterocycles. The van der Waals surface area contributed by atoms with E-state index in [2.05, 4.69) is 76.4 Å². The van der Waals surface area contributed by atoms with E-state index in [0.717, 1.165) is 30.9 Å². The van der Waals surface area contributed by atoms with E-state index in [4.69, 9.17) is 0 Å². The number of para-hydroxylation sites is 1. The highest BCUT2D eigenvalue weighted by molar-refractivity contribution is 5.90. The van der Waals surface area contributed by atoms with Crippen LogP contribution in [0.25, 0.3) is 29.0 Å². The average Bonchev–Trinajstić information content (AvgIpc) is 3.45. The van der Waals surface area contributed by atoms with Crippen molar-refractivity contribution in [1.82, 2.24) is 9.78 Å². The Morgan fingerprint density at radius 1 is 0.804 bits per heavy atom. The summed E-state index contributed by atoms with van der Waals surface area (Å²) in [5.74, 6) is -0.479. The number of nitrogens with one attached hydrogen (secondary N) is 1. The first-order valence-corrected chi connectivity index (χ1v) is 16.2. The third-order valence-electron chi connectivity index (χ3n) is 9.35. The molecule has 2 N–H and O–H groups in total. The summed E-state index contributed by atoms with van der Waals surface area (Å²) in [6.07, 6.45) is 12.0. The third-order valence-corrected chi connectivity index (χ3v) is 9.35. The fraction of sp³-hybridized carbons (Fsp3) is 0.225. The number of carboxylic acid groups (broad SMARTS) is 1. The summed E-state index contributed by atoms with van der Waals surface area (Å²) in [5.41, 5.74) is 11.6. The van der Waals surface area contributed by atoms with Crippen LogP contribution in [0.3, 0.4) is 0 Å². The van der Waals surface area contributed by atoms with Crippen LogP contribution >= 0.6 is 0 Å². The number of carboxylic acids is 1. The maximum absolute atomic E-state index is 13.1. The lowest BCUT2D eigenvalue weighted by Crippen LogP contribution is -2.24. The summed E-state index contributed by atoms with van der Waals surface area (Å²) in [5, 5.41) is 12.4. The lowest BCUT2D eigenvalue weighted by molar-refractivity contribution is 0.0689. The lowest BCUT2D eigenvalue weighted by atomic mass is 9.84. The number of aryl methyl sites for hydroxylation is 1. The van der Waals surface area contributed by atoms with Crippen LogP contribution < -0.4 is 10.5 Å². The molecule has 1 fully saturated rings. The molecule has 2 aliphatic rings. The third kappa shape index (κ3) is 6.00. The van der Waals surface area contributed by atoms with Gasteiger partial charge in [0.2, 0.25) is 0 Å². The Hall–Kier alpha value is -5.32. The zero-order valence-electron chi connectivity index (χ0n) is 25.8. The number of aromatic nitrogens is 2. The van der Waals surface area contributed by atoms with Crippen LogP contribution in [-0.2, 0) is 6.42 Å². The molecular weight excluding hydrogens is 570 g/mol. The van der Waals surface area contributed by atoms with E-state index in [9.17, 15) is 14.7 Å². The van der Waals surface area contributed by atoms with Gasteiger partial charge in [0.15, 0.2) is 5.69 Å². The number of fused-ring (bicyclic) bond motifs is 1. The molecule has 5 aromatic rings. The number of rotatable bonds is 7. The van der Waals surface area contributed by atoms with E-state index in [1.54, 1.807) is 30.3 Å². The van der Waals surface area contributed by atoms with Gasteiger partial charge in [0.25, 0.3) is 5.56 Å². The Kier molecular flexibility index (Phi) is 8.28. The van der Waals surface area contributed by atoms with E-state index >= 15 is 0 Å². The minimum Gasteiger partial charge on any atom is -0.477 e. The smallest absolute Gasteiger partial charge is 0.354 e. The number of H-pyrrole nitrogens is 1. The maximum Gasteiger partial charge on any atom is 0.354 e. The van der Waals surface area contributed by atoms with Crippen molar-refractivity contribution in [3.8, 4) is 16.8 Å². The van der Waals surface area contributed by atoms with Gasteiger partial charge in [0.1, 0.15) is 0 Å². The van der Waals surface area contributed by atoms with Gasteiger partial charge in [-0.2, -0.15) is 0 Å². The minimum atomic E-state index is -1.20. The maximum atomic E-state index is 13.1. The van der Waals surface area contributed by atoms with Crippen molar-refractivity contribution in [1.29, 1.82) is 0 Å². The molecule has 6 nitrogen and oxygen atoms in total. The zero-order valence-corrected chi connectivity index (χ0v) is 25.8. The molecule has 0 radical (unpaired) electrons. The fourth-order valence-electron chi connectivity index (χ4n) is 6.92. The number of aromatic carboxylic acids is 1. The van der Waals surface area contributed by atoms with Gasteiger partial charge >= 0.3 is 5.97 Å². The monoisotopic (exact) mass is 607 g/mol. The Labute approximate surface area is 268 Å². The highest BCUT2D eigenvalue weighted by Crippen LogP contribution is 2.36. The fourth-order valence-corrected chi connectivity index (χ4v) is 6.92. The summed E-state index contributed by atoms with van der Waals surface area (Å²) in [6, 6.07) is 33.3. The van der Waals surface area contributed by atoms with Crippen LogP contribution in [0.2, 0.25) is 0 Å². The van der Waals surface area contributed by atoms with Crippen molar-refractivity contribution >= 4 is 29.5 Å². The molecule has 1 aromatic heterocycles. The van der Waals surface area contributed by atoms with Crippen LogP contribution in [0.1, 0.15) is 77.2 Å². The van der Waals surface area contributed by atoms with Crippen molar-refractivity contribution in [3.63, 3.8) is 0 Å². The van der Waals surface area contributed by atoms with Gasteiger partial charge in [-0.3, -0.25) is 9.89 Å². The van der Waals surface area contributed by atoms with Crippen molar-refractivity contribution in [2.24, 2.45) is 0 Å². The molecule has 0 saturated heterocycles. The first kappa shape index (κ1) is 29.4. The van der Waals surface area contributed by atoms with Crippen LogP contribution in [0.4, 0.5) is 11.4 Å². The van der Waals surface area contributed by atoms with E-state index in [1.807, 2.05) is 12.1 Å². The molecule has 0 amide bonds. The molecule has 0 spiro atoms. The standard InChI is InChI=1S/C40H37N3O3/c44-39-36(38(40(45)46)41-43(39)35-13-5-2-6-14-35)15-7-9-28-16-25-37-33(27-28)12-8-26-42(37)34-23-21-32(22-24-34)31-19-17-30(18-20-31)29-10-3-1-4-11-29/h2,5-6,9,13-25,27,29,41H,1,3-4,8,10-12,26H2,(H,45,46). The summed E-state index contributed by atoms with van der Waals surface area (Å²) in [6.45, 7) is 0.955. The summed E-state index contributed by atoms with van der Waals surface area (Å²) < 4.78 is 1.24. The van der Waals surface area contributed by atoms with Crippen molar-refractivity contribution in [3.05, 3.63) is 141 Å². The Morgan fingerprint density at radius 3 is 2.24 bits per heavy atom. The van der Waals surface area contributed by atoms with Gasteiger partial charge in [-0.15, -0.1) is 5.73 Å². The molecule has 6 heteroatoms. The number of carbonyl (C=O) groups is 1. The van der Waals surface area contributed by atoms with Crippen LogP contribution in [0, 0.1) is 0 Å². The normalized spacial score (nSPS) is 14.7. The molecule has 2 heterocycles. The van der Waals surface area contributed by atoms with Gasteiger partial charge in [0, 0.05) is 17.9 Å². The number of hydrogen-bond donors (Lipinski definition) is 2. The molecule has 1 saturated carbocycles. The van der Waals surface area contributed by atoms with Gasteiger partial charge in [0.05, 0.1) is 11.3 Å². The highest BCUT2D eigenvalue weighted by Gasteiger charge is 2.20. The second-order valence-electron chi connectivity index (χ2n) is 12.3. The van der Waals surface area contributed by atoms with Crippen LogP contribution in [0.15, 0.2) is 108 Å². The quantitative estimate of drug-likeness (QED) is 0.181. The molecule has 46 heavy (non-hydrogen) atoms. The number of aromatic amines is 1.